The molecule has 3 rings (SSSR count). The second-order valence-corrected chi connectivity index (χ2v) is 6.70. The van der Waals surface area contributed by atoms with Crippen LogP contribution in [-0.2, 0) is 21.5 Å². The van der Waals surface area contributed by atoms with E-state index in [1.54, 1.807) is 24.3 Å². The fourth-order valence-electron chi connectivity index (χ4n) is 2.36. The second kappa shape index (κ2) is 6.90. The summed E-state index contributed by atoms with van der Waals surface area (Å²) < 4.78 is 34.4. The van der Waals surface area contributed by atoms with Gasteiger partial charge in [0.25, 0.3) is 10.2 Å². The molecular formula is C16H17N3O4S. The van der Waals surface area contributed by atoms with Gasteiger partial charge in [0.05, 0.1) is 17.9 Å². The Morgan fingerprint density at radius 1 is 1.04 bits per heavy atom. The maximum atomic E-state index is 12.3. The highest BCUT2D eigenvalue weighted by atomic mass is 32.2. The monoisotopic (exact) mass is 347 g/mol. The van der Waals surface area contributed by atoms with Crippen LogP contribution in [0.3, 0.4) is 0 Å². The van der Waals surface area contributed by atoms with Crippen LogP contribution in [0.5, 0.6) is 0 Å². The zero-order chi connectivity index (χ0) is 17.0. The lowest BCUT2D eigenvalue weighted by Gasteiger charge is -2.18. The van der Waals surface area contributed by atoms with Gasteiger partial charge in [-0.05, 0) is 17.7 Å². The van der Waals surface area contributed by atoms with E-state index in [4.69, 9.17) is 4.74 Å². The zero-order valence-corrected chi connectivity index (χ0v) is 13.6. The van der Waals surface area contributed by atoms with Crippen molar-refractivity contribution in [2.45, 2.75) is 6.54 Å². The molecule has 1 saturated heterocycles. The summed E-state index contributed by atoms with van der Waals surface area (Å²) in [5.41, 5.74) is 1.63. The van der Waals surface area contributed by atoms with Crippen molar-refractivity contribution in [1.29, 1.82) is 0 Å². The van der Waals surface area contributed by atoms with E-state index in [1.165, 1.54) is 4.90 Å². The molecule has 0 aliphatic carbocycles. The van der Waals surface area contributed by atoms with E-state index in [1.807, 2.05) is 30.3 Å². The molecule has 7 nitrogen and oxygen atoms in total. The van der Waals surface area contributed by atoms with Gasteiger partial charge in [-0.1, -0.05) is 42.5 Å². The number of para-hydroxylation sites is 2. The van der Waals surface area contributed by atoms with Crippen molar-refractivity contribution in [2.24, 2.45) is 0 Å². The Labute approximate surface area is 140 Å². The molecule has 24 heavy (non-hydrogen) atoms. The minimum absolute atomic E-state index is 0.171. The number of hydrogen-bond acceptors (Lipinski definition) is 4. The summed E-state index contributed by atoms with van der Waals surface area (Å²) in [6, 6.07) is 15.9. The number of nitrogens with zero attached hydrogens (tertiary/aromatic N) is 1. The van der Waals surface area contributed by atoms with E-state index in [2.05, 4.69) is 9.44 Å². The molecule has 0 spiro atoms. The van der Waals surface area contributed by atoms with E-state index in [9.17, 15) is 13.2 Å². The summed E-state index contributed by atoms with van der Waals surface area (Å²) in [5, 5.41) is 0. The van der Waals surface area contributed by atoms with Crippen molar-refractivity contribution in [3.63, 3.8) is 0 Å². The van der Waals surface area contributed by atoms with Crippen LogP contribution in [0.4, 0.5) is 16.2 Å². The Hall–Kier alpha value is -2.58. The summed E-state index contributed by atoms with van der Waals surface area (Å²) in [6.07, 6.45) is -0.487. The van der Waals surface area contributed by atoms with Crippen LogP contribution in [-0.4, -0.2) is 27.7 Å². The van der Waals surface area contributed by atoms with Gasteiger partial charge < -0.3 is 4.74 Å². The first kappa shape index (κ1) is 16.3. The van der Waals surface area contributed by atoms with Crippen molar-refractivity contribution < 1.29 is 17.9 Å². The highest BCUT2D eigenvalue weighted by molar-refractivity contribution is 7.90. The molecule has 2 aromatic rings. The van der Waals surface area contributed by atoms with E-state index in [0.717, 1.165) is 5.56 Å². The molecule has 0 radical (unpaired) electrons. The molecule has 1 amide bonds. The molecule has 2 aromatic carbocycles. The van der Waals surface area contributed by atoms with Gasteiger partial charge in [0.1, 0.15) is 6.61 Å². The number of amides is 1. The number of carbonyl (C=O) groups excluding carboxylic acids is 1. The van der Waals surface area contributed by atoms with E-state index >= 15 is 0 Å². The van der Waals surface area contributed by atoms with Gasteiger partial charge in [0, 0.05) is 6.54 Å². The van der Waals surface area contributed by atoms with Crippen LogP contribution < -0.4 is 14.3 Å². The van der Waals surface area contributed by atoms with Crippen LogP contribution in [0.1, 0.15) is 5.56 Å². The minimum Gasteiger partial charge on any atom is -0.447 e. The molecule has 0 unspecified atom stereocenters. The topological polar surface area (TPSA) is 87.7 Å². The van der Waals surface area contributed by atoms with Crippen molar-refractivity contribution >= 4 is 27.7 Å². The van der Waals surface area contributed by atoms with Gasteiger partial charge in [-0.25, -0.2) is 4.79 Å². The van der Waals surface area contributed by atoms with Gasteiger partial charge in [0.15, 0.2) is 0 Å². The summed E-state index contributed by atoms with van der Waals surface area (Å²) in [4.78, 5) is 13.1. The fraction of sp³-hybridized carbons (Fsp3) is 0.188. The lowest BCUT2D eigenvalue weighted by atomic mass is 10.2. The molecular weight excluding hydrogens is 330 g/mol. The maximum absolute atomic E-state index is 12.3. The molecule has 8 heteroatoms. The highest BCUT2D eigenvalue weighted by Gasteiger charge is 2.26. The average molecular weight is 347 g/mol. The standard InChI is InChI=1S/C16H17N3O4S/c20-16-19(10-11-23-16)15-9-5-4-8-14(15)18-24(21,22)17-12-13-6-2-1-3-7-13/h1-9,17-18H,10-12H2. The first-order valence-corrected chi connectivity index (χ1v) is 8.88. The molecule has 0 atom stereocenters. The lowest BCUT2D eigenvalue weighted by Crippen LogP contribution is -2.31. The van der Waals surface area contributed by atoms with E-state index < -0.39 is 16.3 Å². The number of carbonyl (C=O) groups is 1. The third-order valence-electron chi connectivity index (χ3n) is 3.51. The van der Waals surface area contributed by atoms with Crippen molar-refractivity contribution in [3.8, 4) is 0 Å². The molecule has 1 aliphatic rings. The largest absolute Gasteiger partial charge is 0.447 e. The number of cyclic esters (lactones) is 1. The van der Waals surface area contributed by atoms with Gasteiger partial charge in [0.2, 0.25) is 0 Å². The SMILES string of the molecule is O=C1OCCN1c1ccccc1NS(=O)(=O)NCc1ccccc1. The van der Waals surface area contributed by atoms with Gasteiger partial charge in [-0.3, -0.25) is 9.62 Å². The average Bonchev–Trinajstić information content (AvgIpc) is 3.00. The van der Waals surface area contributed by atoms with Crippen LogP contribution in [0.25, 0.3) is 0 Å². The first-order chi connectivity index (χ1) is 11.6. The van der Waals surface area contributed by atoms with E-state index in [0.29, 0.717) is 17.9 Å². The van der Waals surface area contributed by atoms with Crippen molar-refractivity contribution in [1.82, 2.24) is 4.72 Å². The Morgan fingerprint density at radius 2 is 1.75 bits per heavy atom. The fourth-order valence-corrected chi connectivity index (χ4v) is 3.25. The third-order valence-corrected chi connectivity index (χ3v) is 4.52. The maximum Gasteiger partial charge on any atom is 0.414 e. The molecule has 0 aromatic heterocycles. The number of ether oxygens (including phenoxy) is 1. The first-order valence-electron chi connectivity index (χ1n) is 7.40. The number of benzene rings is 2. The van der Waals surface area contributed by atoms with Gasteiger partial charge in [-0.15, -0.1) is 0 Å². The van der Waals surface area contributed by atoms with Gasteiger partial charge in [-0.2, -0.15) is 13.1 Å². The molecule has 1 aliphatic heterocycles. The second-order valence-electron chi connectivity index (χ2n) is 5.20. The summed E-state index contributed by atoms with van der Waals surface area (Å²) in [5.74, 6) is 0. The predicted octanol–water partition coefficient (Wildman–Crippen LogP) is 2.09. The predicted molar refractivity (Wildman–Crippen MR) is 91.0 cm³/mol. The van der Waals surface area contributed by atoms with Gasteiger partial charge >= 0.3 is 6.09 Å². The Morgan fingerprint density at radius 3 is 2.46 bits per heavy atom. The number of hydrogen-bond donors (Lipinski definition) is 2. The summed E-state index contributed by atoms with van der Waals surface area (Å²) in [6.45, 7) is 0.839. The van der Waals surface area contributed by atoms with Crippen LogP contribution in [0.15, 0.2) is 54.6 Å². The number of nitrogens with one attached hydrogen (secondary N) is 2. The normalized spacial score (nSPS) is 14.5. The Balaban J connectivity index is 1.74. The van der Waals surface area contributed by atoms with Crippen LogP contribution in [0.2, 0.25) is 0 Å². The molecule has 0 saturated carbocycles. The Kier molecular flexibility index (Phi) is 4.68. The zero-order valence-electron chi connectivity index (χ0n) is 12.8. The third kappa shape index (κ3) is 3.84. The summed E-state index contributed by atoms with van der Waals surface area (Å²) in [7, 11) is -3.78. The smallest absolute Gasteiger partial charge is 0.414 e. The summed E-state index contributed by atoms with van der Waals surface area (Å²) >= 11 is 0. The quantitative estimate of drug-likeness (QED) is 0.837. The molecule has 2 N–H and O–H groups in total. The van der Waals surface area contributed by atoms with Crippen LogP contribution in [0, 0.1) is 0 Å². The Bertz CT molecular complexity index is 824. The lowest BCUT2D eigenvalue weighted by molar-refractivity contribution is 0.181. The molecule has 1 fully saturated rings. The number of rotatable bonds is 6. The van der Waals surface area contributed by atoms with Crippen molar-refractivity contribution in [2.75, 3.05) is 22.8 Å². The molecule has 0 bridgehead atoms. The number of anilines is 2. The molecule has 126 valence electrons. The molecule has 1 heterocycles. The highest BCUT2D eigenvalue weighted by Crippen LogP contribution is 2.28. The van der Waals surface area contributed by atoms with Crippen LogP contribution >= 0.6 is 0 Å². The van der Waals surface area contributed by atoms with Crippen molar-refractivity contribution in [3.05, 3.63) is 60.2 Å². The van der Waals surface area contributed by atoms with E-state index in [-0.39, 0.29) is 13.2 Å². The minimum atomic E-state index is -3.78.